The lowest BCUT2D eigenvalue weighted by Gasteiger charge is -2.13. The van der Waals surface area contributed by atoms with E-state index in [-0.39, 0.29) is 6.61 Å². The zero-order valence-corrected chi connectivity index (χ0v) is 12.1. The maximum absolute atomic E-state index is 8.83. The van der Waals surface area contributed by atoms with Gasteiger partial charge in [0.15, 0.2) is 0 Å². The Morgan fingerprint density at radius 3 is 2.78 bits per heavy atom. The van der Waals surface area contributed by atoms with Crippen LogP contribution in [0.1, 0.15) is 38.7 Å². The van der Waals surface area contributed by atoms with E-state index in [0.29, 0.717) is 0 Å². The first-order valence-electron chi connectivity index (χ1n) is 6.64. The van der Waals surface area contributed by atoms with E-state index in [9.17, 15) is 0 Å². The minimum Gasteiger partial charge on any atom is -0.396 e. The van der Waals surface area contributed by atoms with Crippen molar-refractivity contribution < 1.29 is 5.11 Å². The molecule has 0 saturated carbocycles. The Labute approximate surface area is 114 Å². The molecule has 1 heterocycles. The third kappa shape index (κ3) is 4.82. The highest BCUT2D eigenvalue weighted by atomic mass is 32.2. The molecule has 0 bridgehead atoms. The fourth-order valence-corrected chi connectivity index (χ4v) is 2.59. The summed E-state index contributed by atoms with van der Waals surface area (Å²) in [6.07, 6.45) is 5.59. The van der Waals surface area contributed by atoms with Crippen molar-refractivity contribution in [1.82, 2.24) is 9.97 Å². The van der Waals surface area contributed by atoms with Crippen molar-refractivity contribution in [1.29, 1.82) is 0 Å². The van der Waals surface area contributed by atoms with E-state index in [1.807, 2.05) is 0 Å². The smallest absolute Gasteiger partial charge is 0.133 e. The fraction of sp³-hybridized carbons (Fsp3) is 0.692. The molecular formula is C13H23N3OS. The van der Waals surface area contributed by atoms with Crippen LogP contribution in [0.25, 0.3) is 0 Å². The Morgan fingerprint density at radius 1 is 1.28 bits per heavy atom. The molecule has 18 heavy (non-hydrogen) atoms. The summed E-state index contributed by atoms with van der Waals surface area (Å²) in [5.74, 6) is 1.87. The lowest BCUT2D eigenvalue weighted by Crippen LogP contribution is -2.07. The highest BCUT2D eigenvalue weighted by Gasteiger charge is 2.10. The van der Waals surface area contributed by atoms with E-state index in [1.165, 1.54) is 5.56 Å². The molecule has 0 aliphatic rings. The molecule has 0 aromatic carbocycles. The summed E-state index contributed by atoms with van der Waals surface area (Å²) < 4.78 is 0. The van der Waals surface area contributed by atoms with Crippen LogP contribution in [0.2, 0.25) is 0 Å². The number of thioether (sulfide) groups is 1. The normalized spacial score (nSPS) is 10.6. The number of hydrogen-bond donors (Lipinski definition) is 2. The number of aromatic nitrogens is 2. The first kappa shape index (κ1) is 15.2. The summed E-state index contributed by atoms with van der Waals surface area (Å²) >= 11 is 1.71. The minimum absolute atomic E-state index is 0.238. The predicted molar refractivity (Wildman–Crippen MR) is 77.2 cm³/mol. The van der Waals surface area contributed by atoms with Crippen LogP contribution in [-0.4, -0.2) is 34.0 Å². The highest BCUT2D eigenvalue weighted by molar-refractivity contribution is 7.99. The molecule has 4 nitrogen and oxygen atoms in total. The molecule has 5 heteroatoms. The number of aliphatic hydroxyl groups excluding tert-OH is 1. The van der Waals surface area contributed by atoms with Gasteiger partial charge in [-0.25, -0.2) is 9.97 Å². The summed E-state index contributed by atoms with van der Waals surface area (Å²) in [7, 11) is 0. The van der Waals surface area contributed by atoms with Crippen molar-refractivity contribution in [3.8, 4) is 0 Å². The minimum atomic E-state index is 0.238. The largest absolute Gasteiger partial charge is 0.396 e. The second-order valence-corrected chi connectivity index (χ2v) is 5.19. The maximum Gasteiger partial charge on any atom is 0.133 e. The van der Waals surface area contributed by atoms with Crippen LogP contribution in [-0.2, 0) is 6.42 Å². The molecule has 1 aromatic rings. The second kappa shape index (κ2) is 9.16. The van der Waals surface area contributed by atoms with Gasteiger partial charge in [0.2, 0.25) is 0 Å². The number of hydrogen-bond acceptors (Lipinski definition) is 5. The molecule has 102 valence electrons. The molecule has 0 unspecified atom stereocenters. The molecular weight excluding hydrogens is 246 g/mol. The molecule has 0 saturated heterocycles. The number of nitrogens with zero attached hydrogens (tertiary/aromatic N) is 2. The zero-order valence-electron chi connectivity index (χ0n) is 11.3. The van der Waals surface area contributed by atoms with E-state index in [4.69, 9.17) is 5.11 Å². The zero-order chi connectivity index (χ0) is 13.2. The summed E-state index contributed by atoms with van der Waals surface area (Å²) in [5.41, 5.74) is 1.22. The topological polar surface area (TPSA) is 58.0 Å². The van der Waals surface area contributed by atoms with Crippen LogP contribution in [0.3, 0.4) is 0 Å². The van der Waals surface area contributed by atoms with E-state index in [2.05, 4.69) is 29.1 Å². The standard InChI is InChI=1S/C13H23N3OS/c1-3-6-11-12(14-7-4-2)15-10-16-13(11)18-9-5-8-17/h10,17H,3-9H2,1-2H3,(H,14,15,16). The van der Waals surface area contributed by atoms with E-state index in [1.54, 1.807) is 18.1 Å². The number of nitrogens with one attached hydrogen (secondary N) is 1. The van der Waals surface area contributed by atoms with Gasteiger partial charge in [-0.15, -0.1) is 11.8 Å². The average Bonchev–Trinajstić information content (AvgIpc) is 2.39. The van der Waals surface area contributed by atoms with Gasteiger partial charge in [0.25, 0.3) is 0 Å². The molecule has 2 N–H and O–H groups in total. The third-order valence-electron chi connectivity index (χ3n) is 2.49. The van der Waals surface area contributed by atoms with Gasteiger partial charge < -0.3 is 10.4 Å². The number of aliphatic hydroxyl groups is 1. The van der Waals surface area contributed by atoms with E-state index in [0.717, 1.165) is 48.8 Å². The molecule has 0 spiro atoms. The molecule has 0 fully saturated rings. The molecule has 1 rings (SSSR count). The lowest BCUT2D eigenvalue weighted by atomic mass is 10.2. The Kier molecular flexibility index (Phi) is 7.76. The van der Waals surface area contributed by atoms with Gasteiger partial charge in [-0.1, -0.05) is 20.3 Å². The van der Waals surface area contributed by atoms with Crippen LogP contribution < -0.4 is 5.32 Å². The van der Waals surface area contributed by atoms with Gasteiger partial charge in [0.05, 0.1) is 0 Å². The first-order valence-corrected chi connectivity index (χ1v) is 7.63. The third-order valence-corrected chi connectivity index (χ3v) is 3.61. The van der Waals surface area contributed by atoms with Gasteiger partial charge in [0.1, 0.15) is 17.2 Å². The Bertz CT molecular complexity index is 347. The van der Waals surface area contributed by atoms with E-state index < -0.39 is 0 Å². The van der Waals surface area contributed by atoms with Gasteiger partial charge in [-0.3, -0.25) is 0 Å². The number of anilines is 1. The summed E-state index contributed by atoms with van der Waals surface area (Å²) in [4.78, 5) is 8.71. The number of rotatable bonds is 9. The van der Waals surface area contributed by atoms with Crippen LogP contribution in [0, 0.1) is 0 Å². The van der Waals surface area contributed by atoms with Crippen molar-refractivity contribution in [2.75, 3.05) is 24.2 Å². The first-order chi connectivity index (χ1) is 8.83. The fourth-order valence-electron chi connectivity index (χ4n) is 1.63. The van der Waals surface area contributed by atoms with Gasteiger partial charge >= 0.3 is 0 Å². The maximum atomic E-state index is 8.83. The Balaban J connectivity index is 2.79. The monoisotopic (exact) mass is 269 g/mol. The van der Waals surface area contributed by atoms with Crippen molar-refractivity contribution in [2.45, 2.75) is 44.6 Å². The molecule has 0 aliphatic heterocycles. The quantitative estimate of drug-likeness (QED) is 0.410. The van der Waals surface area contributed by atoms with Gasteiger partial charge in [-0.2, -0.15) is 0 Å². The molecule has 0 radical (unpaired) electrons. The van der Waals surface area contributed by atoms with Crippen molar-refractivity contribution in [3.63, 3.8) is 0 Å². The molecule has 0 aliphatic carbocycles. The summed E-state index contributed by atoms with van der Waals surface area (Å²) in [6, 6.07) is 0. The van der Waals surface area contributed by atoms with Crippen molar-refractivity contribution in [2.24, 2.45) is 0 Å². The summed E-state index contributed by atoms with van der Waals surface area (Å²) in [6.45, 7) is 5.49. The molecule has 1 aromatic heterocycles. The molecule has 0 amide bonds. The summed E-state index contributed by atoms with van der Waals surface area (Å²) in [5, 5.41) is 13.2. The van der Waals surface area contributed by atoms with Gasteiger partial charge in [0, 0.05) is 24.5 Å². The Morgan fingerprint density at radius 2 is 2.11 bits per heavy atom. The predicted octanol–water partition coefficient (Wildman–Crippen LogP) is 2.73. The second-order valence-electron chi connectivity index (χ2n) is 4.11. The van der Waals surface area contributed by atoms with E-state index >= 15 is 0 Å². The van der Waals surface area contributed by atoms with Crippen molar-refractivity contribution in [3.05, 3.63) is 11.9 Å². The average molecular weight is 269 g/mol. The SMILES string of the molecule is CCCNc1ncnc(SCCCO)c1CCC. The van der Waals surface area contributed by atoms with Crippen LogP contribution in [0.15, 0.2) is 11.4 Å². The van der Waals surface area contributed by atoms with Crippen LogP contribution in [0.5, 0.6) is 0 Å². The van der Waals surface area contributed by atoms with Crippen molar-refractivity contribution >= 4 is 17.6 Å². The van der Waals surface area contributed by atoms with Crippen LogP contribution in [0.4, 0.5) is 5.82 Å². The lowest BCUT2D eigenvalue weighted by molar-refractivity contribution is 0.296. The Hall–Kier alpha value is -0.810. The highest BCUT2D eigenvalue weighted by Crippen LogP contribution is 2.26. The van der Waals surface area contributed by atoms with Gasteiger partial charge in [-0.05, 0) is 19.3 Å². The molecule has 0 atom stereocenters. The van der Waals surface area contributed by atoms with Crippen LogP contribution >= 0.6 is 11.8 Å².